The molecule has 0 bridgehead atoms. The summed E-state index contributed by atoms with van der Waals surface area (Å²) >= 11 is 0. The zero-order chi connectivity index (χ0) is 41.8. The van der Waals surface area contributed by atoms with Crippen molar-refractivity contribution in [1.82, 2.24) is 0 Å². The first kappa shape index (κ1) is 52.6. The minimum atomic E-state index is -5.07. The highest BCUT2D eigenvalue weighted by molar-refractivity contribution is 7.80. The third-order valence-corrected chi connectivity index (χ3v) is 9.53. The first-order chi connectivity index (χ1) is 27.6. The zero-order valence-electron chi connectivity index (χ0n) is 34.6. The van der Waals surface area contributed by atoms with E-state index in [2.05, 4.69) is 90.9 Å². The summed E-state index contributed by atoms with van der Waals surface area (Å²) in [5, 5.41) is 30.6. The van der Waals surface area contributed by atoms with Crippen LogP contribution in [0, 0.1) is 0 Å². The Kier molecular flexibility index (Phi) is 32.7. The predicted molar refractivity (Wildman–Crippen MR) is 225 cm³/mol. The van der Waals surface area contributed by atoms with Crippen molar-refractivity contribution >= 4 is 16.4 Å². The van der Waals surface area contributed by atoms with Crippen LogP contribution in [0.2, 0.25) is 0 Å². The van der Waals surface area contributed by atoms with Crippen molar-refractivity contribution in [3.63, 3.8) is 0 Å². The maximum Gasteiger partial charge on any atom is 0.397 e. The number of hydrogen-bond donors (Lipinski definition) is 4. The number of unbranched alkanes of at least 4 members (excludes halogenated alkanes) is 10. The van der Waals surface area contributed by atoms with Gasteiger partial charge in [0.2, 0.25) is 0 Å². The summed E-state index contributed by atoms with van der Waals surface area (Å²) in [6.07, 6.45) is 35.1. The Labute approximate surface area is 343 Å². The molecule has 6 unspecified atom stereocenters. The number of esters is 1. The molecule has 0 spiro atoms. The fourth-order valence-electron chi connectivity index (χ4n) is 5.85. The molecule has 0 aromatic rings. The molecule has 12 nitrogen and oxygen atoms in total. The van der Waals surface area contributed by atoms with Crippen molar-refractivity contribution in [1.29, 1.82) is 0 Å². The van der Waals surface area contributed by atoms with Crippen LogP contribution in [0.25, 0.3) is 0 Å². The minimum Gasteiger partial charge on any atom is -0.457 e. The molecular formula is C44H74O12S. The molecule has 1 fully saturated rings. The molecule has 57 heavy (non-hydrogen) atoms. The lowest BCUT2D eigenvalue weighted by Gasteiger charge is -2.41. The highest BCUT2D eigenvalue weighted by Crippen LogP contribution is 2.26. The number of carbonyl (C=O) groups is 1. The average Bonchev–Trinajstić information content (AvgIpc) is 3.18. The van der Waals surface area contributed by atoms with E-state index in [1.165, 1.54) is 12.8 Å². The van der Waals surface area contributed by atoms with E-state index in [-0.39, 0.29) is 19.6 Å². The SMILES string of the molecule is CC/C=C\C/C=C\C/C=C\C/C=C\CCCCCOCC(COC1OC(CO)C(O)C(OS(=O)(=O)O)C1O)OC(=O)CCCCCCC/C=C\C/C=C\CCCC. The number of aliphatic hydroxyl groups is 3. The molecule has 4 N–H and O–H groups in total. The van der Waals surface area contributed by atoms with Crippen LogP contribution < -0.4 is 0 Å². The minimum absolute atomic E-state index is 0.00444. The molecule has 0 amide bonds. The van der Waals surface area contributed by atoms with Crippen LogP contribution >= 0.6 is 0 Å². The lowest BCUT2D eigenvalue weighted by molar-refractivity contribution is -0.301. The number of ether oxygens (including phenoxy) is 4. The zero-order valence-corrected chi connectivity index (χ0v) is 35.4. The quantitative estimate of drug-likeness (QED) is 0.0208. The number of rotatable bonds is 35. The second-order valence-electron chi connectivity index (χ2n) is 14.2. The topological polar surface area (TPSA) is 178 Å². The predicted octanol–water partition coefficient (Wildman–Crippen LogP) is 8.35. The molecule has 0 aromatic carbocycles. The summed E-state index contributed by atoms with van der Waals surface area (Å²) in [4.78, 5) is 12.8. The van der Waals surface area contributed by atoms with Crippen molar-refractivity contribution < 1.29 is 56.2 Å². The van der Waals surface area contributed by atoms with Crippen LogP contribution in [0.5, 0.6) is 0 Å². The van der Waals surface area contributed by atoms with Crippen molar-refractivity contribution in [3.8, 4) is 0 Å². The molecule has 1 saturated heterocycles. The van der Waals surface area contributed by atoms with E-state index < -0.39 is 59.8 Å². The molecule has 1 aliphatic rings. The summed E-state index contributed by atoms with van der Waals surface area (Å²) < 4.78 is 58.9. The summed E-state index contributed by atoms with van der Waals surface area (Å²) in [5.41, 5.74) is 0. The van der Waals surface area contributed by atoms with E-state index in [0.29, 0.717) is 13.0 Å². The Bertz CT molecular complexity index is 1280. The standard InChI is InChI=1S/C44H74O12S/c1-3-5-7-9-11-13-15-17-19-20-22-24-26-28-30-32-34-52-36-38(37-53-44-42(48)43(56-57(49,50)51)41(47)39(35-45)55-44)54-40(46)33-31-29-27-25-23-21-18-16-14-12-10-8-6-4-2/h5,7,10-13,16-19,22,24,38-39,41-45,47-48H,3-4,6,8-9,14-15,20-21,23,25-37H2,1-2H3,(H,49,50,51)/b7-5-,12-10-,13-11-,18-16-,19-17-,24-22-. The van der Waals surface area contributed by atoms with Crippen LogP contribution in [0.15, 0.2) is 72.9 Å². The monoisotopic (exact) mass is 826 g/mol. The van der Waals surface area contributed by atoms with Crippen molar-refractivity contribution in [3.05, 3.63) is 72.9 Å². The summed E-state index contributed by atoms with van der Waals surface area (Å²) in [5.74, 6) is -0.429. The van der Waals surface area contributed by atoms with E-state index in [1.54, 1.807) is 0 Å². The second kappa shape index (κ2) is 35.5. The maximum atomic E-state index is 12.8. The molecule has 1 heterocycles. The largest absolute Gasteiger partial charge is 0.457 e. The molecule has 328 valence electrons. The summed E-state index contributed by atoms with van der Waals surface area (Å²) in [7, 11) is -5.07. The van der Waals surface area contributed by atoms with Gasteiger partial charge in [-0.05, 0) is 77.0 Å². The van der Waals surface area contributed by atoms with Gasteiger partial charge in [0, 0.05) is 13.0 Å². The van der Waals surface area contributed by atoms with Gasteiger partial charge in [0.05, 0.1) is 19.8 Å². The Morgan fingerprint density at radius 1 is 0.684 bits per heavy atom. The van der Waals surface area contributed by atoms with Crippen LogP contribution in [0.4, 0.5) is 0 Å². The van der Waals surface area contributed by atoms with Crippen LogP contribution in [0.3, 0.4) is 0 Å². The lowest BCUT2D eigenvalue weighted by atomic mass is 9.99. The van der Waals surface area contributed by atoms with Gasteiger partial charge in [-0.1, -0.05) is 125 Å². The van der Waals surface area contributed by atoms with E-state index in [9.17, 15) is 28.5 Å². The molecule has 0 aromatic heterocycles. The van der Waals surface area contributed by atoms with Crippen LogP contribution in [0.1, 0.15) is 136 Å². The Hall–Kier alpha value is -2.46. The lowest BCUT2D eigenvalue weighted by Crippen LogP contribution is -2.60. The molecular weight excluding hydrogens is 753 g/mol. The van der Waals surface area contributed by atoms with Gasteiger partial charge in [0.15, 0.2) is 6.29 Å². The van der Waals surface area contributed by atoms with Crippen LogP contribution in [-0.4, -0.2) is 97.5 Å². The second-order valence-corrected chi connectivity index (χ2v) is 15.2. The molecule has 1 rings (SSSR count). The molecule has 0 aliphatic carbocycles. The van der Waals surface area contributed by atoms with Gasteiger partial charge in [0.1, 0.15) is 30.5 Å². The van der Waals surface area contributed by atoms with Gasteiger partial charge in [-0.3, -0.25) is 9.35 Å². The highest BCUT2D eigenvalue weighted by atomic mass is 32.3. The first-order valence-electron chi connectivity index (χ1n) is 21.2. The van der Waals surface area contributed by atoms with E-state index in [4.69, 9.17) is 23.5 Å². The summed E-state index contributed by atoms with van der Waals surface area (Å²) in [6, 6.07) is 0. The fourth-order valence-corrected chi connectivity index (χ4v) is 6.36. The van der Waals surface area contributed by atoms with Crippen molar-refractivity contribution in [2.24, 2.45) is 0 Å². The van der Waals surface area contributed by atoms with Gasteiger partial charge in [-0.15, -0.1) is 0 Å². The fraction of sp³-hybridized carbons (Fsp3) is 0.705. The van der Waals surface area contributed by atoms with Gasteiger partial charge in [-0.2, -0.15) is 8.42 Å². The Balaban J connectivity index is 2.51. The average molecular weight is 827 g/mol. The van der Waals surface area contributed by atoms with Gasteiger partial charge < -0.3 is 34.3 Å². The van der Waals surface area contributed by atoms with Gasteiger partial charge in [0.25, 0.3) is 0 Å². The third kappa shape index (κ3) is 29.4. The molecule has 13 heteroatoms. The Morgan fingerprint density at radius 3 is 1.77 bits per heavy atom. The van der Waals surface area contributed by atoms with E-state index >= 15 is 0 Å². The normalized spacial score (nSPS) is 21.4. The summed E-state index contributed by atoms with van der Waals surface area (Å²) in [6.45, 7) is 3.71. The molecule has 0 saturated carbocycles. The number of aliphatic hydroxyl groups excluding tert-OH is 3. The smallest absolute Gasteiger partial charge is 0.397 e. The third-order valence-electron chi connectivity index (χ3n) is 9.06. The maximum absolute atomic E-state index is 12.8. The number of carbonyl (C=O) groups excluding carboxylic acids is 1. The molecule has 6 atom stereocenters. The number of allylic oxidation sites excluding steroid dienone is 12. The number of hydrogen-bond acceptors (Lipinski definition) is 11. The highest BCUT2D eigenvalue weighted by Gasteiger charge is 2.48. The van der Waals surface area contributed by atoms with Gasteiger partial charge in [-0.25, -0.2) is 4.18 Å². The van der Waals surface area contributed by atoms with E-state index in [1.807, 2.05) is 0 Å². The Morgan fingerprint density at radius 2 is 1.21 bits per heavy atom. The van der Waals surface area contributed by atoms with Crippen molar-refractivity contribution in [2.75, 3.05) is 26.4 Å². The van der Waals surface area contributed by atoms with Gasteiger partial charge >= 0.3 is 16.4 Å². The first-order valence-corrected chi connectivity index (χ1v) is 22.6. The molecule has 1 aliphatic heterocycles. The van der Waals surface area contributed by atoms with E-state index in [0.717, 1.165) is 96.3 Å². The van der Waals surface area contributed by atoms with Crippen LogP contribution in [-0.2, 0) is 38.3 Å². The molecule has 0 radical (unpaired) electrons. The van der Waals surface area contributed by atoms with Crippen molar-refractivity contribution in [2.45, 2.75) is 173 Å².